The molecule has 8 heteroatoms. The summed E-state index contributed by atoms with van der Waals surface area (Å²) in [6.45, 7) is 0.507. The van der Waals surface area contributed by atoms with E-state index in [-0.39, 0.29) is 5.75 Å². The molecule has 0 amide bonds. The van der Waals surface area contributed by atoms with Crippen molar-refractivity contribution in [1.82, 2.24) is 14.9 Å². The van der Waals surface area contributed by atoms with Crippen molar-refractivity contribution < 1.29 is 12.9 Å². The van der Waals surface area contributed by atoms with Crippen molar-refractivity contribution in [2.75, 3.05) is 12.4 Å². The van der Waals surface area contributed by atoms with Gasteiger partial charge in [-0.25, -0.2) is 13.1 Å². The fraction of sp³-hybridized carbons (Fsp3) is 0.176. The number of sulfonamides is 1. The SMILES string of the molecule is CNS(=O)(=O)Cc1ccc(CNc2noc(-c3ccccc3)n2)cc1. The van der Waals surface area contributed by atoms with E-state index < -0.39 is 10.0 Å². The van der Waals surface area contributed by atoms with E-state index in [0.717, 1.165) is 16.7 Å². The van der Waals surface area contributed by atoms with Crippen LogP contribution in [-0.4, -0.2) is 25.6 Å². The Balaban J connectivity index is 1.60. The van der Waals surface area contributed by atoms with Gasteiger partial charge in [-0.3, -0.25) is 0 Å². The molecule has 0 fully saturated rings. The van der Waals surface area contributed by atoms with Crippen LogP contribution in [0.25, 0.3) is 11.5 Å². The van der Waals surface area contributed by atoms with Crippen LogP contribution in [0.4, 0.5) is 5.95 Å². The lowest BCUT2D eigenvalue weighted by molar-refractivity contribution is 0.432. The zero-order valence-electron chi connectivity index (χ0n) is 13.6. The third-order valence-electron chi connectivity index (χ3n) is 3.59. The highest BCUT2D eigenvalue weighted by molar-refractivity contribution is 7.88. The molecule has 7 nitrogen and oxygen atoms in total. The summed E-state index contributed by atoms with van der Waals surface area (Å²) >= 11 is 0. The predicted octanol–water partition coefficient (Wildman–Crippen LogP) is 2.40. The molecule has 0 bridgehead atoms. The third kappa shape index (κ3) is 4.65. The van der Waals surface area contributed by atoms with Gasteiger partial charge in [-0.15, -0.1) is 0 Å². The van der Waals surface area contributed by atoms with Crippen LogP contribution in [0.3, 0.4) is 0 Å². The van der Waals surface area contributed by atoms with Gasteiger partial charge >= 0.3 is 0 Å². The molecule has 0 aliphatic carbocycles. The summed E-state index contributed by atoms with van der Waals surface area (Å²) in [5, 5.41) is 6.98. The number of anilines is 1. The highest BCUT2D eigenvalue weighted by Crippen LogP contribution is 2.18. The zero-order chi connectivity index (χ0) is 17.7. The molecule has 2 N–H and O–H groups in total. The van der Waals surface area contributed by atoms with E-state index in [0.29, 0.717) is 18.4 Å². The van der Waals surface area contributed by atoms with Crippen LogP contribution in [0.2, 0.25) is 0 Å². The van der Waals surface area contributed by atoms with Crippen molar-refractivity contribution >= 4 is 16.0 Å². The first-order valence-electron chi connectivity index (χ1n) is 7.68. The highest BCUT2D eigenvalue weighted by Gasteiger charge is 2.09. The molecule has 0 radical (unpaired) electrons. The van der Waals surface area contributed by atoms with Crippen LogP contribution in [0.15, 0.2) is 59.1 Å². The Morgan fingerprint density at radius 1 is 1.00 bits per heavy atom. The highest BCUT2D eigenvalue weighted by atomic mass is 32.2. The number of nitrogens with zero attached hydrogens (tertiary/aromatic N) is 2. The van der Waals surface area contributed by atoms with E-state index >= 15 is 0 Å². The van der Waals surface area contributed by atoms with Gasteiger partial charge in [0, 0.05) is 12.1 Å². The monoisotopic (exact) mass is 358 g/mol. The Labute approximate surface area is 146 Å². The van der Waals surface area contributed by atoms with E-state index in [9.17, 15) is 8.42 Å². The van der Waals surface area contributed by atoms with Crippen molar-refractivity contribution in [3.8, 4) is 11.5 Å². The zero-order valence-corrected chi connectivity index (χ0v) is 14.5. The van der Waals surface area contributed by atoms with Gasteiger partial charge in [0.25, 0.3) is 11.8 Å². The van der Waals surface area contributed by atoms with E-state index in [2.05, 4.69) is 20.2 Å². The van der Waals surface area contributed by atoms with Crippen LogP contribution in [0.5, 0.6) is 0 Å². The number of nitrogens with one attached hydrogen (secondary N) is 2. The Bertz CT molecular complexity index is 922. The fourth-order valence-corrected chi connectivity index (χ4v) is 2.99. The van der Waals surface area contributed by atoms with Gasteiger partial charge in [-0.2, -0.15) is 4.98 Å². The second-order valence-corrected chi connectivity index (χ2v) is 7.35. The molecule has 130 valence electrons. The van der Waals surface area contributed by atoms with E-state index in [1.807, 2.05) is 42.5 Å². The van der Waals surface area contributed by atoms with Crippen molar-refractivity contribution in [3.05, 3.63) is 65.7 Å². The molecule has 0 unspecified atom stereocenters. The molecule has 3 rings (SSSR count). The molecule has 0 aliphatic rings. The standard InChI is InChI=1S/C17H18N4O3S/c1-18-25(22,23)12-14-9-7-13(8-10-14)11-19-17-20-16(24-21-17)15-5-3-2-4-6-15/h2-10,18H,11-12H2,1H3,(H,19,21). The van der Waals surface area contributed by atoms with Crippen LogP contribution in [-0.2, 0) is 22.3 Å². The van der Waals surface area contributed by atoms with Crippen LogP contribution in [0, 0.1) is 0 Å². The average Bonchev–Trinajstić information content (AvgIpc) is 3.11. The van der Waals surface area contributed by atoms with Crippen molar-refractivity contribution in [2.45, 2.75) is 12.3 Å². The first-order valence-corrected chi connectivity index (χ1v) is 9.33. The summed E-state index contributed by atoms with van der Waals surface area (Å²) in [7, 11) is -1.86. The minimum atomic E-state index is -3.26. The van der Waals surface area contributed by atoms with Crippen LogP contribution >= 0.6 is 0 Å². The summed E-state index contributed by atoms with van der Waals surface area (Å²) < 4.78 is 30.6. The topological polar surface area (TPSA) is 97.1 Å². The lowest BCUT2D eigenvalue weighted by atomic mass is 10.1. The fourth-order valence-electron chi connectivity index (χ4n) is 2.22. The Morgan fingerprint density at radius 3 is 2.36 bits per heavy atom. The minimum Gasteiger partial charge on any atom is -0.347 e. The van der Waals surface area contributed by atoms with Crippen molar-refractivity contribution in [3.63, 3.8) is 0 Å². The predicted molar refractivity (Wildman–Crippen MR) is 95.2 cm³/mol. The number of aromatic nitrogens is 2. The van der Waals surface area contributed by atoms with Crippen molar-refractivity contribution in [1.29, 1.82) is 0 Å². The maximum atomic E-state index is 11.5. The Kier molecular flexibility index (Phi) is 5.11. The lowest BCUT2D eigenvalue weighted by Crippen LogP contribution is -2.20. The lowest BCUT2D eigenvalue weighted by Gasteiger charge is -2.05. The smallest absolute Gasteiger partial charge is 0.264 e. The van der Waals surface area contributed by atoms with Gasteiger partial charge in [0.2, 0.25) is 10.0 Å². The number of hydrogen-bond donors (Lipinski definition) is 2. The molecule has 25 heavy (non-hydrogen) atoms. The summed E-state index contributed by atoms with van der Waals surface area (Å²) in [5.74, 6) is 0.819. The summed E-state index contributed by atoms with van der Waals surface area (Å²) in [4.78, 5) is 4.30. The summed E-state index contributed by atoms with van der Waals surface area (Å²) in [6.07, 6.45) is 0. The van der Waals surface area contributed by atoms with Gasteiger partial charge in [-0.05, 0) is 35.5 Å². The Morgan fingerprint density at radius 2 is 1.68 bits per heavy atom. The quantitative estimate of drug-likeness (QED) is 0.673. The molecule has 0 saturated heterocycles. The molecule has 3 aromatic rings. The first-order chi connectivity index (χ1) is 12.1. The van der Waals surface area contributed by atoms with E-state index in [4.69, 9.17) is 4.52 Å². The molecule has 0 spiro atoms. The normalized spacial score (nSPS) is 11.4. The first kappa shape index (κ1) is 17.1. The second-order valence-electron chi connectivity index (χ2n) is 5.42. The average molecular weight is 358 g/mol. The molecule has 1 aromatic heterocycles. The van der Waals surface area contributed by atoms with Gasteiger partial charge < -0.3 is 9.84 Å². The number of hydrogen-bond acceptors (Lipinski definition) is 6. The molecule has 0 aliphatic heterocycles. The van der Waals surface area contributed by atoms with E-state index in [1.165, 1.54) is 7.05 Å². The largest absolute Gasteiger partial charge is 0.347 e. The molecule has 1 heterocycles. The molecular formula is C17H18N4O3S. The molecule has 2 aromatic carbocycles. The Hall–Kier alpha value is -2.71. The third-order valence-corrected chi connectivity index (χ3v) is 4.92. The maximum absolute atomic E-state index is 11.5. The number of benzene rings is 2. The summed E-state index contributed by atoms with van der Waals surface area (Å²) in [6, 6.07) is 16.8. The van der Waals surface area contributed by atoms with Crippen molar-refractivity contribution in [2.24, 2.45) is 0 Å². The molecule has 0 atom stereocenters. The second kappa shape index (κ2) is 7.45. The molecular weight excluding hydrogens is 340 g/mol. The van der Waals surface area contributed by atoms with Gasteiger partial charge in [0.05, 0.1) is 5.75 Å². The molecule has 0 saturated carbocycles. The van der Waals surface area contributed by atoms with Crippen LogP contribution < -0.4 is 10.0 Å². The maximum Gasteiger partial charge on any atom is 0.264 e. The number of rotatable bonds is 7. The van der Waals surface area contributed by atoms with Gasteiger partial charge in [0.1, 0.15) is 0 Å². The summed E-state index contributed by atoms with van der Waals surface area (Å²) in [5.41, 5.74) is 2.57. The minimum absolute atomic E-state index is 0.0392. The van der Waals surface area contributed by atoms with Crippen LogP contribution in [0.1, 0.15) is 11.1 Å². The van der Waals surface area contributed by atoms with E-state index in [1.54, 1.807) is 12.1 Å². The van der Waals surface area contributed by atoms with Gasteiger partial charge in [0.15, 0.2) is 0 Å². The van der Waals surface area contributed by atoms with Gasteiger partial charge in [-0.1, -0.05) is 42.5 Å².